The van der Waals surface area contributed by atoms with Gasteiger partial charge in [0, 0.05) is 18.4 Å². The molecule has 1 aliphatic rings. The molecule has 2 aromatic carbocycles. The molecule has 0 radical (unpaired) electrons. The first-order valence-electron chi connectivity index (χ1n) is 7.81. The maximum absolute atomic E-state index is 5.67. The van der Waals surface area contributed by atoms with Crippen molar-refractivity contribution in [3.63, 3.8) is 0 Å². The van der Waals surface area contributed by atoms with Crippen LogP contribution in [-0.4, -0.2) is 20.2 Å². The van der Waals surface area contributed by atoms with Gasteiger partial charge in [-0.05, 0) is 42.3 Å². The lowest BCUT2D eigenvalue weighted by Crippen LogP contribution is -2.28. The van der Waals surface area contributed by atoms with E-state index in [1.165, 1.54) is 5.56 Å². The number of para-hydroxylation sites is 1. The Labute approximate surface area is 137 Å². The topological polar surface area (TPSA) is 24.5 Å². The lowest BCUT2D eigenvalue weighted by Gasteiger charge is -2.27. The van der Waals surface area contributed by atoms with Crippen molar-refractivity contribution in [3.8, 4) is 5.75 Å². The predicted octanol–water partition coefficient (Wildman–Crippen LogP) is 4.46. The number of likely N-dealkylation sites (N-methyl/N-ethyl adjacent to an activating group) is 1. The molecule has 1 aliphatic heterocycles. The van der Waals surface area contributed by atoms with Crippen molar-refractivity contribution in [1.82, 2.24) is 0 Å². The molecule has 3 heteroatoms. The lowest BCUT2D eigenvalue weighted by molar-refractivity contribution is 0.311. The zero-order valence-electron chi connectivity index (χ0n) is 13.7. The average molecular weight is 306 g/mol. The Morgan fingerprint density at radius 1 is 1.26 bits per heavy atom. The van der Waals surface area contributed by atoms with Crippen LogP contribution in [0.5, 0.6) is 5.75 Å². The fraction of sp³-hybridized carbons (Fsp3) is 0.200. The molecule has 0 saturated carbocycles. The van der Waals surface area contributed by atoms with Crippen LogP contribution < -0.4 is 15.0 Å². The summed E-state index contributed by atoms with van der Waals surface area (Å²) in [4.78, 5) is 2.22. The van der Waals surface area contributed by atoms with Crippen molar-refractivity contribution >= 4 is 17.5 Å². The molecule has 1 N–H and O–H groups in total. The van der Waals surface area contributed by atoms with Crippen LogP contribution in [0.3, 0.4) is 0 Å². The normalized spacial score (nSPS) is 13.6. The molecule has 0 fully saturated rings. The van der Waals surface area contributed by atoms with E-state index in [0.29, 0.717) is 0 Å². The summed E-state index contributed by atoms with van der Waals surface area (Å²) in [5, 5.41) is 3.34. The van der Waals surface area contributed by atoms with Gasteiger partial charge in [0.1, 0.15) is 12.4 Å². The molecule has 3 nitrogen and oxygen atoms in total. The van der Waals surface area contributed by atoms with E-state index in [9.17, 15) is 0 Å². The number of anilines is 2. The second kappa shape index (κ2) is 6.61. The van der Waals surface area contributed by atoms with E-state index in [4.69, 9.17) is 4.74 Å². The maximum atomic E-state index is 5.67. The summed E-state index contributed by atoms with van der Waals surface area (Å²) < 4.78 is 5.67. The van der Waals surface area contributed by atoms with Crippen LogP contribution in [0.4, 0.5) is 11.4 Å². The molecule has 0 amide bonds. The third-order valence-electron chi connectivity index (χ3n) is 4.00. The fourth-order valence-electron chi connectivity index (χ4n) is 2.60. The Kier molecular flexibility index (Phi) is 4.38. The van der Waals surface area contributed by atoms with Crippen molar-refractivity contribution in [1.29, 1.82) is 0 Å². The number of hydrogen-bond acceptors (Lipinski definition) is 3. The quantitative estimate of drug-likeness (QED) is 0.844. The summed E-state index contributed by atoms with van der Waals surface area (Å²) in [6.45, 7) is 7.82. The predicted molar refractivity (Wildman–Crippen MR) is 98.2 cm³/mol. The first-order chi connectivity index (χ1) is 11.1. The summed E-state index contributed by atoms with van der Waals surface area (Å²) in [6.07, 6.45) is 4.06. The molecule has 1 heterocycles. The molecule has 2 aromatic rings. The number of hydrogen-bond donors (Lipinski definition) is 1. The van der Waals surface area contributed by atoms with Gasteiger partial charge < -0.3 is 15.0 Å². The number of benzene rings is 2. The summed E-state index contributed by atoms with van der Waals surface area (Å²) in [5.41, 5.74) is 5.42. The summed E-state index contributed by atoms with van der Waals surface area (Å²) in [7, 11) is 2.09. The summed E-state index contributed by atoms with van der Waals surface area (Å²) >= 11 is 0. The second-order valence-corrected chi connectivity index (χ2v) is 5.80. The van der Waals surface area contributed by atoms with Crippen molar-refractivity contribution in [2.24, 2.45) is 0 Å². The van der Waals surface area contributed by atoms with Gasteiger partial charge in [0.2, 0.25) is 0 Å². The number of fused-ring (bicyclic) bond motifs is 1. The second-order valence-electron chi connectivity index (χ2n) is 5.80. The zero-order chi connectivity index (χ0) is 16.2. The highest BCUT2D eigenvalue weighted by atomic mass is 16.5. The van der Waals surface area contributed by atoms with Crippen LogP contribution in [0, 0.1) is 6.92 Å². The van der Waals surface area contributed by atoms with Crippen LogP contribution >= 0.6 is 0 Å². The minimum absolute atomic E-state index is 0.746. The van der Waals surface area contributed by atoms with Crippen molar-refractivity contribution < 1.29 is 4.74 Å². The van der Waals surface area contributed by atoms with Gasteiger partial charge >= 0.3 is 0 Å². The van der Waals surface area contributed by atoms with Crippen LogP contribution in [-0.2, 0) is 0 Å². The Morgan fingerprint density at radius 2 is 2.09 bits per heavy atom. The minimum Gasteiger partial charge on any atom is -0.490 e. The van der Waals surface area contributed by atoms with Crippen LogP contribution in [0.15, 0.2) is 60.8 Å². The molecule has 0 saturated heterocycles. The molecule has 23 heavy (non-hydrogen) atoms. The maximum Gasteiger partial charge on any atom is 0.142 e. The van der Waals surface area contributed by atoms with Gasteiger partial charge in [0.25, 0.3) is 0 Å². The monoisotopic (exact) mass is 306 g/mol. The molecule has 118 valence electrons. The van der Waals surface area contributed by atoms with E-state index in [2.05, 4.69) is 61.1 Å². The zero-order valence-corrected chi connectivity index (χ0v) is 13.7. The third kappa shape index (κ3) is 3.57. The lowest BCUT2D eigenvalue weighted by atomic mass is 10.1. The number of rotatable bonds is 4. The molecule has 0 aromatic heterocycles. The van der Waals surface area contributed by atoms with Gasteiger partial charge in [-0.1, -0.05) is 36.9 Å². The average Bonchev–Trinajstić information content (AvgIpc) is 2.56. The van der Waals surface area contributed by atoms with Gasteiger partial charge in [-0.15, -0.1) is 0 Å². The molecule has 0 atom stereocenters. The highest BCUT2D eigenvalue weighted by Crippen LogP contribution is 2.31. The Morgan fingerprint density at radius 3 is 2.91 bits per heavy atom. The smallest absolute Gasteiger partial charge is 0.142 e. The van der Waals surface area contributed by atoms with Gasteiger partial charge in [0.15, 0.2) is 0 Å². The molecule has 0 unspecified atom stereocenters. The fourth-order valence-corrected chi connectivity index (χ4v) is 2.60. The van der Waals surface area contributed by atoms with E-state index in [-0.39, 0.29) is 0 Å². The summed E-state index contributed by atoms with van der Waals surface area (Å²) in [6, 6.07) is 14.4. The number of allylic oxidation sites excluding steroid dienone is 1. The van der Waals surface area contributed by atoms with E-state index in [1.807, 2.05) is 24.3 Å². The number of ether oxygens (including phenoxy) is 1. The van der Waals surface area contributed by atoms with Crippen LogP contribution in [0.1, 0.15) is 11.1 Å². The number of nitrogens with zero attached hydrogens (tertiary/aromatic N) is 1. The highest BCUT2D eigenvalue weighted by molar-refractivity contribution is 5.67. The molecule has 3 rings (SSSR count). The molecule has 0 bridgehead atoms. The molecular weight excluding hydrogens is 284 g/mol. The largest absolute Gasteiger partial charge is 0.490 e. The third-order valence-corrected chi connectivity index (χ3v) is 4.00. The highest BCUT2D eigenvalue weighted by Gasteiger charge is 2.14. The van der Waals surface area contributed by atoms with Crippen molar-refractivity contribution in [3.05, 3.63) is 71.9 Å². The molecular formula is C20H22N2O. The van der Waals surface area contributed by atoms with Gasteiger partial charge in [0.05, 0.1) is 12.2 Å². The van der Waals surface area contributed by atoms with E-state index < -0.39 is 0 Å². The first-order valence-corrected chi connectivity index (χ1v) is 7.81. The summed E-state index contributed by atoms with van der Waals surface area (Å²) in [5.74, 6) is 0.952. The Hall–Kier alpha value is -2.68. The Bertz CT molecular complexity index is 749. The van der Waals surface area contributed by atoms with Gasteiger partial charge in [-0.3, -0.25) is 0 Å². The van der Waals surface area contributed by atoms with Crippen molar-refractivity contribution in [2.75, 3.05) is 30.4 Å². The number of nitrogens with one attached hydrogen (secondary N) is 1. The standard InChI is InChI=1S/C20H22N2O/c1-15-6-4-5-7-18(15)21-16(2)8-9-17-10-11-20-19(14-17)22(3)12-13-23-20/h4-11,14,21H,2,12-13H2,1,3H3/b9-8+. The Balaban J connectivity index is 1.71. The molecule has 0 aliphatic carbocycles. The van der Waals surface area contributed by atoms with Crippen LogP contribution in [0.2, 0.25) is 0 Å². The van der Waals surface area contributed by atoms with Crippen LogP contribution in [0.25, 0.3) is 6.08 Å². The van der Waals surface area contributed by atoms with E-state index in [1.54, 1.807) is 0 Å². The SMILES string of the molecule is C=C(/C=C/c1ccc2c(c1)N(C)CCO2)Nc1ccccc1C. The van der Waals surface area contributed by atoms with Gasteiger partial charge in [-0.25, -0.2) is 0 Å². The molecule has 0 spiro atoms. The number of aryl methyl sites for hydroxylation is 1. The first kappa shape index (κ1) is 15.2. The van der Waals surface area contributed by atoms with Crippen molar-refractivity contribution in [2.45, 2.75) is 6.92 Å². The van der Waals surface area contributed by atoms with E-state index in [0.717, 1.165) is 41.5 Å². The van der Waals surface area contributed by atoms with E-state index >= 15 is 0 Å². The van der Waals surface area contributed by atoms with Gasteiger partial charge in [-0.2, -0.15) is 0 Å². The minimum atomic E-state index is 0.746.